The van der Waals surface area contributed by atoms with Crippen molar-refractivity contribution in [1.82, 2.24) is 5.32 Å². The van der Waals surface area contributed by atoms with Gasteiger partial charge in [0.2, 0.25) is 5.91 Å². The lowest BCUT2D eigenvalue weighted by molar-refractivity contribution is -0.119. The standard InChI is InChI=1S/C13H19NO/c1-3-7-13(14-11(2)15)10-12-8-5-4-6-9-12/h4-6,8-9,13H,3,7,10H2,1-2H3,(H,14,15). The average Bonchev–Trinajstić information content (AvgIpc) is 2.18. The van der Waals surface area contributed by atoms with Gasteiger partial charge in [-0.15, -0.1) is 0 Å². The summed E-state index contributed by atoms with van der Waals surface area (Å²) in [6, 6.07) is 10.6. The lowest BCUT2D eigenvalue weighted by atomic mass is 10.0. The van der Waals surface area contributed by atoms with Gasteiger partial charge in [0.25, 0.3) is 0 Å². The van der Waals surface area contributed by atoms with Gasteiger partial charge >= 0.3 is 0 Å². The van der Waals surface area contributed by atoms with Crippen LogP contribution in [0, 0.1) is 0 Å². The molecule has 0 saturated heterocycles. The van der Waals surface area contributed by atoms with Crippen LogP contribution in [0.2, 0.25) is 0 Å². The molecule has 1 aromatic rings. The van der Waals surface area contributed by atoms with Crippen molar-refractivity contribution in [2.45, 2.75) is 39.2 Å². The number of carbonyl (C=O) groups is 1. The Hall–Kier alpha value is -1.31. The predicted octanol–water partition coefficient (Wildman–Crippen LogP) is 2.53. The maximum atomic E-state index is 11.0. The van der Waals surface area contributed by atoms with Crippen LogP contribution in [0.15, 0.2) is 30.3 Å². The Morgan fingerprint density at radius 1 is 1.33 bits per heavy atom. The summed E-state index contributed by atoms with van der Waals surface area (Å²) in [6.07, 6.45) is 3.06. The molecule has 1 N–H and O–H groups in total. The SMILES string of the molecule is CCCC(Cc1ccccc1)NC(C)=O. The molecule has 0 saturated carbocycles. The van der Waals surface area contributed by atoms with Crippen LogP contribution >= 0.6 is 0 Å². The molecule has 1 amide bonds. The van der Waals surface area contributed by atoms with Gasteiger partial charge in [0.15, 0.2) is 0 Å². The van der Waals surface area contributed by atoms with Crippen LogP contribution in [0.1, 0.15) is 32.3 Å². The molecule has 0 aliphatic heterocycles. The van der Waals surface area contributed by atoms with Gasteiger partial charge in [0, 0.05) is 13.0 Å². The van der Waals surface area contributed by atoms with Crippen molar-refractivity contribution in [3.05, 3.63) is 35.9 Å². The second-order valence-corrected chi connectivity index (χ2v) is 3.88. The minimum absolute atomic E-state index is 0.0596. The van der Waals surface area contributed by atoms with Gasteiger partial charge in [0.1, 0.15) is 0 Å². The zero-order valence-electron chi connectivity index (χ0n) is 9.49. The summed E-state index contributed by atoms with van der Waals surface area (Å²) in [6.45, 7) is 3.72. The van der Waals surface area contributed by atoms with E-state index in [4.69, 9.17) is 0 Å². The fraction of sp³-hybridized carbons (Fsp3) is 0.462. The van der Waals surface area contributed by atoms with Crippen LogP contribution in [0.5, 0.6) is 0 Å². The van der Waals surface area contributed by atoms with E-state index in [1.807, 2.05) is 18.2 Å². The third kappa shape index (κ3) is 4.63. The first-order chi connectivity index (χ1) is 7.22. The van der Waals surface area contributed by atoms with Gasteiger partial charge < -0.3 is 5.32 Å². The van der Waals surface area contributed by atoms with E-state index in [2.05, 4.69) is 24.4 Å². The van der Waals surface area contributed by atoms with Gasteiger partial charge in [-0.2, -0.15) is 0 Å². The molecule has 0 aliphatic rings. The first kappa shape index (κ1) is 11.8. The van der Waals surface area contributed by atoms with Crippen LogP contribution in [-0.2, 0) is 11.2 Å². The van der Waals surface area contributed by atoms with E-state index >= 15 is 0 Å². The summed E-state index contributed by atoms with van der Waals surface area (Å²) in [5.41, 5.74) is 1.28. The second kappa shape index (κ2) is 6.23. The van der Waals surface area contributed by atoms with Crippen molar-refractivity contribution in [2.75, 3.05) is 0 Å². The molecule has 0 heterocycles. The summed E-state index contributed by atoms with van der Waals surface area (Å²) in [5, 5.41) is 2.99. The highest BCUT2D eigenvalue weighted by Gasteiger charge is 2.09. The molecule has 82 valence electrons. The van der Waals surface area contributed by atoms with E-state index in [0.29, 0.717) is 0 Å². The molecule has 0 aromatic heterocycles. The van der Waals surface area contributed by atoms with Crippen LogP contribution in [0.25, 0.3) is 0 Å². The Balaban J connectivity index is 2.54. The summed E-state index contributed by atoms with van der Waals surface area (Å²) in [4.78, 5) is 11.0. The molecule has 0 aliphatic carbocycles. The lowest BCUT2D eigenvalue weighted by Gasteiger charge is -2.16. The van der Waals surface area contributed by atoms with Gasteiger partial charge in [-0.3, -0.25) is 4.79 Å². The Bertz CT molecular complexity index is 295. The highest BCUT2D eigenvalue weighted by Crippen LogP contribution is 2.07. The molecule has 1 aromatic carbocycles. The highest BCUT2D eigenvalue weighted by atomic mass is 16.1. The number of hydrogen-bond acceptors (Lipinski definition) is 1. The number of rotatable bonds is 5. The van der Waals surface area contributed by atoms with Crippen molar-refractivity contribution in [1.29, 1.82) is 0 Å². The first-order valence-corrected chi connectivity index (χ1v) is 5.53. The van der Waals surface area contributed by atoms with Crippen LogP contribution in [0.3, 0.4) is 0 Å². The molecule has 0 spiro atoms. The van der Waals surface area contributed by atoms with Crippen molar-refractivity contribution in [3.63, 3.8) is 0 Å². The number of carbonyl (C=O) groups excluding carboxylic acids is 1. The third-order valence-corrected chi connectivity index (χ3v) is 2.37. The molecular formula is C13H19NO. The van der Waals surface area contributed by atoms with E-state index < -0.39 is 0 Å². The largest absolute Gasteiger partial charge is 0.353 e. The van der Waals surface area contributed by atoms with Crippen molar-refractivity contribution in [2.24, 2.45) is 0 Å². The van der Waals surface area contributed by atoms with Crippen LogP contribution in [0.4, 0.5) is 0 Å². The third-order valence-electron chi connectivity index (χ3n) is 2.37. The fourth-order valence-electron chi connectivity index (χ4n) is 1.76. The predicted molar refractivity (Wildman–Crippen MR) is 62.7 cm³/mol. The molecule has 1 unspecified atom stereocenters. The van der Waals surface area contributed by atoms with Gasteiger partial charge in [-0.05, 0) is 18.4 Å². The topological polar surface area (TPSA) is 29.1 Å². The fourth-order valence-corrected chi connectivity index (χ4v) is 1.76. The normalized spacial score (nSPS) is 12.1. The summed E-state index contributed by atoms with van der Waals surface area (Å²) >= 11 is 0. The van der Waals surface area contributed by atoms with Crippen molar-refractivity contribution >= 4 is 5.91 Å². The van der Waals surface area contributed by atoms with E-state index in [9.17, 15) is 4.79 Å². The smallest absolute Gasteiger partial charge is 0.217 e. The van der Waals surface area contributed by atoms with Crippen molar-refractivity contribution < 1.29 is 4.79 Å². The Labute approximate surface area is 91.7 Å². The maximum Gasteiger partial charge on any atom is 0.217 e. The zero-order valence-corrected chi connectivity index (χ0v) is 9.49. The molecular weight excluding hydrogens is 186 g/mol. The molecule has 15 heavy (non-hydrogen) atoms. The van der Waals surface area contributed by atoms with Crippen molar-refractivity contribution in [3.8, 4) is 0 Å². The highest BCUT2D eigenvalue weighted by molar-refractivity contribution is 5.73. The van der Waals surface area contributed by atoms with E-state index in [1.54, 1.807) is 6.92 Å². The minimum atomic E-state index is 0.0596. The first-order valence-electron chi connectivity index (χ1n) is 5.53. The summed E-state index contributed by atoms with van der Waals surface area (Å²) in [5.74, 6) is 0.0596. The monoisotopic (exact) mass is 205 g/mol. The molecule has 2 nitrogen and oxygen atoms in total. The zero-order chi connectivity index (χ0) is 11.1. The summed E-state index contributed by atoms with van der Waals surface area (Å²) < 4.78 is 0. The van der Waals surface area contributed by atoms with E-state index in [-0.39, 0.29) is 11.9 Å². The summed E-state index contributed by atoms with van der Waals surface area (Å²) in [7, 11) is 0. The average molecular weight is 205 g/mol. The number of nitrogens with one attached hydrogen (secondary N) is 1. The molecule has 1 rings (SSSR count). The Kier molecular flexibility index (Phi) is 4.88. The molecule has 0 radical (unpaired) electrons. The molecule has 0 bridgehead atoms. The van der Waals surface area contributed by atoms with E-state index in [1.165, 1.54) is 5.56 Å². The molecule has 1 atom stereocenters. The number of amides is 1. The minimum Gasteiger partial charge on any atom is -0.353 e. The quantitative estimate of drug-likeness (QED) is 0.786. The lowest BCUT2D eigenvalue weighted by Crippen LogP contribution is -2.34. The number of hydrogen-bond donors (Lipinski definition) is 1. The maximum absolute atomic E-state index is 11.0. The van der Waals surface area contributed by atoms with E-state index in [0.717, 1.165) is 19.3 Å². The second-order valence-electron chi connectivity index (χ2n) is 3.88. The Morgan fingerprint density at radius 2 is 2.00 bits per heavy atom. The number of benzene rings is 1. The van der Waals surface area contributed by atoms with Gasteiger partial charge in [-0.25, -0.2) is 0 Å². The molecule has 2 heteroatoms. The van der Waals surface area contributed by atoms with Crippen LogP contribution < -0.4 is 5.32 Å². The van der Waals surface area contributed by atoms with Crippen LogP contribution in [-0.4, -0.2) is 11.9 Å². The van der Waals surface area contributed by atoms with Gasteiger partial charge in [0.05, 0.1) is 0 Å². The Morgan fingerprint density at radius 3 is 2.53 bits per heavy atom. The molecule has 0 fully saturated rings. The van der Waals surface area contributed by atoms with Gasteiger partial charge in [-0.1, -0.05) is 43.7 Å².